The van der Waals surface area contributed by atoms with E-state index in [0.29, 0.717) is 0 Å². The molecule has 2 N–H and O–H groups in total. The summed E-state index contributed by atoms with van der Waals surface area (Å²) in [5.41, 5.74) is 4.95. The number of H-pyrrole nitrogens is 1. The lowest BCUT2D eigenvalue weighted by Gasteiger charge is -2.18. The Balaban J connectivity index is 1.83. The molecule has 4 heteroatoms. The van der Waals surface area contributed by atoms with E-state index in [2.05, 4.69) is 58.5 Å². The predicted octanol–water partition coefficient (Wildman–Crippen LogP) is 2.49. The van der Waals surface area contributed by atoms with Crippen molar-refractivity contribution in [3.8, 4) is 11.3 Å². The number of aryl methyl sites for hydroxylation is 2. The van der Waals surface area contributed by atoms with E-state index in [9.17, 15) is 0 Å². The molecule has 0 unspecified atom stereocenters. The zero-order valence-electron chi connectivity index (χ0n) is 12.2. The lowest BCUT2D eigenvalue weighted by molar-refractivity contribution is 0.724. The topological polar surface area (TPSA) is 44.0 Å². The van der Waals surface area contributed by atoms with Gasteiger partial charge in [0.25, 0.3) is 0 Å². The van der Waals surface area contributed by atoms with Crippen LogP contribution in [0.2, 0.25) is 0 Å². The summed E-state index contributed by atoms with van der Waals surface area (Å²) in [6, 6.07) is 8.71. The fraction of sp³-hybridized carbons (Fsp3) is 0.438. The molecule has 0 atom stereocenters. The highest BCUT2D eigenvalue weighted by atomic mass is 15.3. The first kappa shape index (κ1) is 13.2. The van der Waals surface area contributed by atoms with Crippen molar-refractivity contribution in [2.45, 2.75) is 20.3 Å². The molecular formula is C16H22N4. The fourth-order valence-electron chi connectivity index (χ4n) is 2.60. The van der Waals surface area contributed by atoms with Gasteiger partial charge in [0.15, 0.2) is 5.82 Å². The second kappa shape index (κ2) is 5.67. The smallest absolute Gasteiger partial charge is 0.151 e. The Hall–Kier alpha value is -1.81. The maximum atomic E-state index is 4.48. The van der Waals surface area contributed by atoms with Crippen molar-refractivity contribution in [2.75, 3.05) is 31.1 Å². The Kier molecular flexibility index (Phi) is 3.74. The lowest BCUT2D eigenvalue weighted by Crippen LogP contribution is -2.28. The van der Waals surface area contributed by atoms with Crippen LogP contribution in [-0.4, -0.2) is 36.4 Å². The second-order valence-electron chi connectivity index (χ2n) is 5.53. The molecule has 1 saturated heterocycles. The van der Waals surface area contributed by atoms with E-state index < -0.39 is 0 Å². The summed E-state index contributed by atoms with van der Waals surface area (Å²) >= 11 is 0. The summed E-state index contributed by atoms with van der Waals surface area (Å²) in [6.45, 7) is 8.52. The van der Waals surface area contributed by atoms with E-state index in [0.717, 1.165) is 37.7 Å². The first-order valence-corrected chi connectivity index (χ1v) is 7.33. The van der Waals surface area contributed by atoms with Crippen molar-refractivity contribution in [1.82, 2.24) is 15.5 Å². The van der Waals surface area contributed by atoms with Gasteiger partial charge in [-0.2, -0.15) is 5.10 Å². The molecule has 0 radical (unpaired) electrons. The molecule has 0 saturated carbocycles. The van der Waals surface area contributed by atoms with E-state index in [-0.39, 0.29) is 0 Å². The van der Waals surface area contributed by atoms with Crippen LogP contribution >= 0.6 is 0 Å². The molecule has 20 heavy (non-hydrogen) atoms. The van der Waals surface area contributed by atoms with Crippen molar-refractivity contribution in [1.29, 1.82) is 0 Å². The Morgan fingerprint density at radius 3 is 2.80 bits per heavy atom. The zero-order valence-corrected chi connectivity index (χ0v) is 12.2. The Labute approximate surface area is 120 Å². The summed E-state index contributed by atoms with van der Waals surface area (Å²) in [5, 5.41) is 11.1. The normalized spacial score (nSPS) is 16.2. The average molecular weight is 270 g/mol. The minimum Gasteiger partial charge on any atom is -0.354 e. The van der Waals surface area contributed by atoms with Crippen LogP contribution in [0.3, 0.4) is 0 Å². The third-order valence-corrected chi connectivity index (χ3v) is 4.05. The average Bonchev–Trinajstić information content (AvgIpc) is 2.78. The maximum absolute atomic E-state index is 4.48. The largest absolute Gasteiger partial charge is 0.354 e. The molecule has 1 aliphatic rings. The molecule has 2 aromatic rings. The molecule has 1 fully saturated rings. The molecule has 4 nitrogen and oxygen atoms in total. The van der Waals surface area contributed by atoms with Gasteiger partial charge in [0, 0.05) is 25.7 Å². The molecule has 1 aromatic heterocycles. The SMILES string of the molecule is Cc1ccc(-c2cc(N3CCCNCC3)n[nH]2)cc1C. The van der Waals surface area contributed by atoms with Crippen LogP contribution in [0.1, 0.15) is 17.5 Å². The van der Waals surface area contributed by atoms with Crippen LogP contribution in [0.15, 0.2) is 24.3 Å². The van der Waals surface area contributed by atoms with Gasteiger partial charge in [0.05, 0.1) is 5.69 Å². The van der Waals surface area contributed by atoms with E-state index in [4.69, 9.17) is 0 Å². The number of aromatic nitrogens is 2. The fourth-order valence-corrected chi connectivity index (χ4v) is 2.60. The number of anilines is 1. The number of rotatable bonds is 2. The number of benzene rings is 1. The molecule has 106 valence electrons. The number of nitrogens with zero attached hydrogens (tertiary/aromatic N) is 2. The standard InChI is InChI=1S/C16H22N4/c1-12-4-5-14(10-13(12)2)15-11-16(19-18-15)20-8-3-6-17-7-9-20/h4-5,10-11,17H,3,6-9H2,1-2H3,(H,18,19). The molecule has 2 heterocycles. The van der Waals surface area contributed by atoms with Gasteiger partial charge in [-0.15, -0.1) is 0 Å². The molecule has 3 rings (SSSR count). The number of aromatic amines is 1. The van der Waals surface area contributed by atoms with Crippen molar-refractivity contribution < 1.29 is 0 Å². The second-order valence-corrected chi connectivity index (χ2v) is 5.53. The Morgan fingerprint density at radius 1 is 1.05 bits per heavy atom. The van der Waals surface area contributed by atoms with E-state index in [1.165, 1.54) is 23.1 Å². The molecule has 1 aromatic carbocycles. The number of hydrogen-bond acceptors (Lipinski definition) is 3. The Morgan fingerprint density at radius 2 is 1.95 bits per heavy atom. The Bertz CT molecular complexity index is 580. The monoisotopic (exact) mass is 270 g/mol. The summed E-state index contributed by atoms with van der Waals surface area (Å²) in [5.74, 6) is 1.06. The van der Waals surface area contributed by atoms with Crippen molar-refractivity contribution in [3.63, 3.8) is 0 Å². The van der Waals surface area contributed by atoms with Crippen molar-refractivity contribution in [2.24, 2.45) is 0 Å². The highest BCUT2D eigenvalue weighted by Crippen LogP contribution is 2.24. The van der Waals surface area contributed by atoms with Gasteiger partial charge in [-0.3, -0.25) is 5.10 Å². The van der Waals surface area contributed by atoms with Crippen LogP contribution in [0.4, 0.5) is 5.82 Å². The van der Waals surface area contributed by atoms with Gasteiger partial charge in [-0.25, -0.2) is 0 Å². The molecule has 0 amide bonds. The van der Waals surface area contributed by atoms with Crippen LogP contribution in [0, 0.1) is 13.8 Å². The highest BCUT2D eigenvalue weighted by Gasteiger charge is 2.13. The lowest BCUT2D eigenvalue weighted by atomic mass is 10.0. The number of hydrogen-bond donors (Lipinski definition) is 2. The van der Waals surface area contributed by atoms with E-state index in [1.807, 2.05) is 0 Å². The van der Waals surface area contributed by atoms with Gasteiger partial charge in [0.2, 0.25) is 0 Å². The molecular weight excluding hydrogens is 248 g/mol. The molecule has 1 aliphatic heterocycles. The highest BCUT2D eigenvalue weighted by molar-refractivity contribution is 5.64. The summed E-state index contributed by atoms with van der Waals surface area (Å²) in [7, 11) is 0. The van der Waals surface area contributed by atoms with Gasteiger partial charge in [-0.05, 0) is 49.6 Å². The third-order valence-electron chi connectivity index (χ3n) is 4.05. The summed E-state index contributed by atoms with van der Waals surface area (Å²) in [4.78, 5) is 2.35. The summed E-state index contributed by atoms with van der Waals surface area (Å²) in [6.07, 6.45) is 1.17. The van der Waals surface area contributed by atoms with Crippen LogP contribution in [-0.2, 0) is 0 Å². The molecule has 0 spiro atoms. The minimum atomic E-state index is 1.03. The van der Waals surface area contributed by atoms with Crippen molar-refractivity contribution >= 4 is 5.82 Å². The van der Waals surface area contributed by atoms with Gasteiger partial charge in [0.1, 0.15) is 0 Å². The van der Waals surface area contributed by atoms with Gasteiger partial charge >= 0.3 is 0 Å². The maximum Gasteiger partial charge on any atom is 0.151 e. The number of nitrogens with one attached hydrogen (secondary N) is 2. The van der Waals surface area contributed by atoms with Crippen LogP contribution < -0.4 is 10.2 Å². The van der Waals surface area contributed by atoms with Crippen LogP contribution in [0.25, 0.3) is 11.3 Å². The predicted molar refractivity (Wildman–Crippen MR) is 83.2 cm³/mol. The molecule has 0 bridgehead atoms. The third kappa shape index (κ3) is 2.70. The van der Waals surface area contributed by atoms with E-state index in [1.54, 1.807) is 0 Å². The first-order chi connectivity index (χ1) is 9.74. The quantitative estimate of drug-likeness (QED) is 0.881. The van der Waals surface area contributed by atoms with Gasteiger partial charge < -0.3 is 10.2 Å². The summed E-state index contributed by atoms with van der Waals surface area (Å²) < 4.78 is 0. The van der Waals surface area contributed by atoms with E-state index >= 15 is 0 Å². The van der Waals surface area contributed by atoms with Gasteiger partial charge in [-0.1, -0.05) is 12.1 Å². The zero-order chi connectivity index (χ0) is 13.9. The minimum absolute atomic E-state index is 1.03. The molecule has 0 aliphatic carbocycles. The van der Waals surface area contributed by atoms with Crippen LogP contribution in [0.5, 0.6) is 0 Å². The van der Waals surface area contributed by atoms with Crippen molar-refractivity contribution in [3.05, 3.63) is 35.4 Å². The first-order valence-electron chi connectivity index (χ1n) is 7.33.